The molecule has 1 aliphatic rings. The topological polar surface area (TPSA) is 62.3 Å². The number of benzene rings is 1. The number of imide groups is 1. The van der Waals surface area contributed by atoms with Crippen LogP contribution in [0.2, 0.25) is 0 Å². The van der Waals surface area contributed by atoms with E-state index in [-0.39, 0.29) is 11.8 Å². The molecule has 0 saturated carbocycles. The number of amides is 2. The highest BCUT2D eigenvalue weighted by Crippen LogP contribution is 2.34. The summed E-state index contributed by atoms with van der Waals surface area (Å²) in [5.41, 5.74) is 3.70. The highest BCUT2D eigenvalue weighted by molar-refractivity contribution is 6.24. The summed E-state index contributed by atoms with van der Waals surface area (Å²) >= 11 is 0. The molecule has 0 unspecified atom stereocenters. The maximum Gasteiger partial charge on any atom is 0.261 e. The minimum absolute atomic E-state index is 0.360. The summed E-state index contributed by atoms with van der Waals surface area (Å²) < 4.78 is 0. The van der Waals surface area contributed by atoms with Crippen LogP contribution in [0.25, 0.3) is 0 Å². The fraction of sp³-hybridized carbons (Fsp3) is 0.188. The second-order valence-corrected chi connectivity index (χ2v) is 5.06. The Morgan fingerprint density at radius 3 is 2.24 bits per heavy atom. The molecule has 1 aromatic carbocycles. The second kappa shape index (κ2) is 4.70. The largest absolute Gasteiger partial charge is 0.342 e. The molecule has 0 spiro atoms. The van der Waals surface area contributed by atoms with Gasteiger partial charge in [-0.25, -0.2) is 0 Å². The first-order valence-electron chi connectivity index (χ1n) is 6.66. The van der Waals surface area contributed by atoms with Crippen LogP contribution in [-0.4, -0.2) is 23.8 Å². The van der Waals surface area contributed by atoms with Crippen molar-refractivity contribution in [2.24, 2.45) is 0 Å². The number of pyridine rings is 1. The van der Waals surface area contributed by atoms with E-state index < -0.39 is 0 Å². The third-order valence-electron chi connectivity index (χ3n) is 3.69. The number of nitrogens with zero attached hydrogens (tertiary/aromatic N) is 2. The van der Waals surface area contributed by atoms with Crippen molar-refractivity contribution in [1.82, 2.24) is 10.3 Å². The number of hydrogen-bond acceptors (Lipinski definition) is 4. The maximum atomic E-state index is 12.2. The maximum absolute atomic E-state index is 12.2. The van der Waals surface area contributed by atoms with Gasteiger partial charge in [-0.1, -0.05) is 18.2 Å². The minimum atomic E-state index is -0.372. The zero-order valence-electron chi connectivity index (χ0n) is 12.1. The minimum Gasteiger partial charge on any atom is -0.342 e. The van der Waals surface area contributed by atoms with Gasteiger partial charge in [0.15, 0.2) is 0 Å². The molecule has 0 bridgehead atoms. The van der Waals surface area contributed by atoms with Gasteiger partial charge in [0.1, 0.15) is 0 Å². The predicted octanol–water partition coefficient (Wildman–Crippen LogP) is 2.35. The highest BCUT2D eigenvalue weighted by Gasteiger charge is 2.34. The Morgan fingerprint density at radius 2 is 1.57 bits per heavy atom. The average Bonchev–Trinajstić information content (AvgIpc) is 2.75. The van der Waals surface area contributed by atoms with E-state index in [1.54, 1.807) is 6.92 Å². The average molecular weight is 281 g/mol. The van der Waals surface area contributed by atoms with E-state index in [0.717, 1.165) is 11.4 Å². The number of nitrogens with one attached hydrogen (secondary N) is 1. The van der Waals surface area contributed by atoms with Crippen molar-refractivity contribution in [3.8, 4) is 0 Å². The molecular formula is C16H15N3O2. The molecule has 0 atom stereocenters. The van der Waals surface area contributed by atoms with E-state index in [1.807, 2.05) is 49.2 Å². The molecule has 2 heterocycles. The summed E-state index contributed by atoms with van der Waals surface area (Å²) in [6.45, 7) is 3.59. The summed E-state index contributed by atoms with van der Waals surface area (Å²) in [7, 11) is 1.87. The van der Waals surface area contributed by atoms with E-state index in [1.165, 1.54) is 0 Å². The SMILES string of the molecule is Cc1nc(C)c(N(C)c2ccccc2)c2c1C(=O)NC2=O. The van der Waals surface area contributed by atoms with E-state index in [0.29, 0.717) is 22.5 Å². The normalized spacial score (nSPS) is 13.1. The Kier molecular flexibility index (Phi) is 2.97. The van der Waals surface area contributed by atoms with Gasteiger partial charge in [-0.2, -0.15) is 0 Å². The second-order valence-electron chi connectivity index (χ2n) is 5.06. The standard InChI is InChI=1S/C16H15N3O2/c1-9-12-13(16(21)18-15(12)20)14(10(2)17-9)19(3)11-7-5-4-6-8-11/h4-8H,1-3H3,(H,18,20,21). The molecule has 0 radical (unpaired) electrons. The Hall–Kier alpha value is -2.69. The van der Waals surface area contributed by atoms with Gasteiger partial charge in [0.25, 0.3) is 11.8 Å². The molecule has 106 valence electrons. The van der Waals surface area contributed by atoms with Crippen molar-refractivity contribution < 1.29 is 9.59 Å². The van der Waals surface area contributed by atoms with Crippen molar-refractivity contribution in [3.05, 3.63) is 52.8 Å². The first-order valence-corrected chi connectivity index (χ1v) is 6.66. The van der Waals surface area contributed by atoms with Crippen LogP contribution in [0.3, 0.4) is 0 Å². The molecule has 1 aromatic heterocycles. The quantitative estimate of drug-likeness (QED) is 0.858. The van der Waals surface area contributed by atoms with E-state index in [2.05, 4.69) is 10.3 Å². The van der Waals surface area contributed by atoms with Crippen molar-refractivity contribution in [1.29, 1.82) is 0 Å². The molecule has 5 nitrogen and oxygen atoms in total. The number of carbonyl (C=O) groups excluding carboxylic acids is 2. The van der Waals surface area contributed by atoms with Crippen LogP contribution >= 0.6 is 0 Å². The molecule has 3 rings (SSSR count). The van der Waals surface area contributed by atoms with E-state index in [9.17, 15) is 9.59 Å². The Labute approximate surface area is 122 Å². The lowest BCUT2D eigenvalue weighted by molar-refractivity contribution is 0.0879. The first kappa shape index (κ1) is 13.3. The van der Waals surface area contributed by atoms with Crippen LogP contribution in [0.5, 0.6) is 0 Å². The lowest BCUT2D eigenvalue weighted by atomic mass is 10.0. The number of aromatic nitrogens is 1. The summed E-state index contributed by atoms with van der Waals surface area (Å²) in [5, 5.41) is 2.35. The summed E-state index contributed by atoms with van der Waals surface area (Å²) in [6.07, 6.45) is 0. The Morgan fingerprint density at radius 1 is 0.952 bits per heavy atom. The molecule has 1 N–H and O–H groups in total. The molecule has 2 aromatic rings. The van der Waals surface area contributed by atoms with Crippen LogP contribution in [0.4, 0.5) is 11.4 Å². The highest BCUT2D eigenvalue weighted by atomic mass is 16.2. The van der Waals surface area contributed by atoms with Crippen LogP contribution in [0, 0.1) is 13.8 Å². The van der Waals surface area contributed by atoms with Gasteiger partial charge in [0, 0.05) is 12.7 Å². The van der Waals surface area contributed by atoms with Crippen molar-refractivity contribution in [2.75, 3.05) is 11.9 Å². The molecular weight excluding hydrogens is 266 g/mol. The Bertz CT molecular complexity index is 754. The van der Waals surface area contributed by atoms with Gasteiger partial charge in [-0.3, -0.25) is 19.9 Å². The fourth-order valence-electron chi connectivity index (χ4n) is 2.76. The van der Waals surface area contributed by atoms with Gasteiger partial charge in [-0.15, -0.1) is 0 Å². The smallest absolute Gasteiger partial charge is 0.261 e. The third-order valence-corrected chi connectivity index (χ3v) is 3.69. The van der Waals surface area contributed by atoms with Crippen LogP contribution in [-0.2, 0) is 0 Å². The molecule has 0 fully saturated rings. The van der Waals surface area contributed by atoms with Crippen LogP contribution in [0.15, 0.2) is 30.3 Å². The number of fused-ring (bicyclic) bond motifs is 1. The first-order chi connectivity index (χ1) is 10.0. The predicted molar refractivity (Wildman–Crippen MR) is 80.0 cm³/mol. The zero-order valence-corrected chi connectivity index (χ0v) is 12.1. The molecule has 1 aliphatic heterocycles. The molecule has 0 aliphatic carbocycles. The third kappa shape index (κ3) is 1.98. The van der Waals surface area contributed by atoms with Gasteiger partial charge >= 0.3 is 0 Å². The number of anilines is 2. The van der Waals surface area contributed by atoms with Crippen LogP contribution in [0.1, 0.15) is 32.1 Å². The van der Waals surface area contributed by atoms with E-state index >= 15 is 0 Å². The number of carbonyl (C=O) groups is 2. The van der Waals surface area contributed by atoms with Gasteiger partial charge in [0.2, 0.25) is 0 Å². The number of hydrogen-bond donors (Lipinski definition) is 1. The van der Waals surface area contributed by atoms with Gasteiger partial charge in [-0.05, 0) is 26.0 Å². The summed E-state index contributed by atoms with van der Waals surface area (Å²) in [4.78, 5) is 30.4. The fourth-order valence-corrected chi connectivity index (χ4v) is 2.76. The number of aryl methyl sites for hydroxylation is 2. The number of rotatable bonds is 2. The lowest BCUT2D eigenvalue weighted by Crippen LogP contribution is -2.21. The van der Waals surface area contributed by atoms with Crippen LogP contribution < -0.4 is 10.2 Å². The number of para-hydroxylation sites is 1. The van der Waals surface area contributed by atoms with Gasteiger partial charge in [0.05, 0.1) is 28.2 Å². The van der Waals surface area contributed by atoms with E-state index in [4.69, 9.17) is 0 Å². The molecule has 5 heteroatoms. The molecule has 2 amide bonds. The lowest BCUT2D eigenvalue weighted by Gasteiger charge is -2.23. The van der Waals surface area contributed by atoms with Crippen molar-refractivity contribution in [2.45, 2.75) is 13.8 Å². The summed E-state index contributed by atoms with van der Waals surface area (Å²) in [5.74, 6) is -0.732. The zero-order chi connectivity index (χ0) is 15.1. The van der Waals surface area contributed by atoms with Crippen molar-refractivity contribution >= 4 is 23.2 Å². The Balaban J connectivity index is 2.25. The van der Waals surface area contributed by atoms with Gasteiger partial charge < -0.3 is 4.90 Å². The summed E-state index contributed by atoms with van der Waals surface area (Å²) in [6, 6.07) is 9.67. The monoisotopic (exact) mass is 281 g/mol. The molecule has 21 heavy (non-hydrogen) atoms. The molecule has 0 saturated heterocycles. The van der Waals surface area contributed by atoms with Crippen molar-refractivity contribution in [3.63, 3.8) is 0 Å².